The highest BCUT2D eigenvalue weighted by Gasteiger charge is 2.16. The van der Waals surface area contributed by atoms with Crippen molar-refractivity contribution in [3.63, 3.8) is 0 Å². The highest BCUT2D eigenvalue weighted by Crippen LogP contribution is 2.19. The first-order valence-electron chi connectivity index (χ1n) is 13.8. The molecule has 0 aromatic heterocycles. The van der Waals surface area contributed by atoms with Crippen molar-refractivity contribution < 1.29 is 19.1 Å². The van der Waals surface area contributed by atoms with Crippen molar-refractivity contribution in [2.45, 2.75) is 13.8 Å². The van der Waals surface area contributed by atoms with E-state index in [1.54, 1.807) is 78.9 Å². The number of ether oxygens (including phenoxy) is 1. The highest BCUT2D eigenvalue weighted by atomic mass is 35.5. The quantitative estimate of drug-likeness (QED) is 0.0613. The summed E-state index contributed by atoms with van der Waals surface area (Å²) in [6.07, 6.45) is 2.99. The van der Waals surface area contributed by atoms with E-state index in [9.17, 15) is 14.4 Å². The standard InChI is InChI=1S/C34H30Cl2N4O4/c1-3-40(4-2)27-17-9-23(10-18-27)21-31(38-32(41)29-7-5-6-8-30(29)36)33(42)39-37-22-24-11-19-28(20-12-24)44-34(43)25-13-15-26(35)16-14-25/h5-22H,3-4H2,1-2H3,(H,38,41)(H,39,42)/b31-21+,37-22+. The largest absolute Gasteiger partial charge is 0.423 e. The number of rotatable bonds is 11. The van der Waals surface area contributed by atoms with Crippen LogP contribution in [0.2, 0.25) is 10.0 Å². The molecule has 224 valence electrons. The van der Waals surface area contributed by atoms with Gasteiger partial charge in [-0.1, -0.05) is 47.5 Å². The lowest BCUT2D eigenvalue weighted by atomic mass is 10.1. The maximum absolute atomic E-state index is 13.2. The molecule has 0 radical (unpaired) electrons. The summed E-state index contributed by atoms with van der Waals surface area (Å²) < 4.78 is 5.38. The molecule has 0 aliphatic heterocycles. The Morgan fingerprint density at radius 3 is 2.09 bits per heavy atom. The molecule has 0 bridgehead atoms. The third-order valence-electron chi connectivity index (χ3n) is 6.49. The second kappa shape index (κ2) is 15.5. The first-order chi connectivity index (χ1) is 21.3. The van der Waals surface area contributed by atoms with Gasteiger partial charge in [0.05, 0.1) is 22.4 Å². The van der Waals surface area contributed by atoms with E-state index >= 15 is 0 Å². The molecule has 8 nitrogen and oxygen atoms in total. The van der Waals surface area contributed by atoms with Crippen LogP contribution in [0, 0.1) is 0 Å². The van der Waals surface area contributed by atoms with Crippen LogP contribution in [-0.4, -0.2) is 37.1 Å². The fourth-order valence-electron chi connectivity index (χ4n) is 4.13. The Bertz CT molecular complexity index is 1670. The SMILES string of the molecule is CCN(CC)c1ccc(/C=C(/NC(=O)c2ccccc2Cl)C(=O)N/N=C/c2ccc(OC(=O)c3ccc(Cl)cc3)cc2)cc1. The minimum absolute atomic E-state index is 0.0212. The topological polar surface area (TPSA) is 100 Å². The maximum Gasteiger partial charge on any atom is 0.343 e. The Morgan fingerprint density at radius 2 is 1.45 bits per heavy atom. The third kappa shape index (κ3) is 8.80. The van der Waals surface area contributed by atoms with E-state index in [4.69, 9.17) is 27.9 Å². The molecule has 0 aliphatic rings. The second-order valence-corrected chi connectivity index (χ2v) is 10.3. The summed E-state index contributed by atoms with van der Waals surface area (Å²) in [6.45, 7) is 5.89. The van der Waals surface area contributed by atoms with Gasteiger partial charge in [0.15, 0.2) is 0 Å². The molecule has 0 unspecified atom stereocenters. The predicted molar refractivity (Wildman–Crippen MR) is 175 cm³/mol. The normalized spacial score (nSPS) is 11.2. The van der Waals surface area contributed by atoms with Crippen LogP contribution in [0.1, 0.15) is 45.7 Å². The Morgan fingerprint density at radius 1 is 0.818 bits per heavy atom. The van der Waals surface area contributed by atoms with Crippen LogP contribution in [0.4, 0.5) is 5.69 Å². The van der Waals surface area contributed by atoms with E-state index in [1.807, 2.05) is 24.3 Å². The summed E-state index contributed by atoms with van der Waals surface area (Å²) in [5, 5.41) is 7.48. The molecule has 0 atom stereocenters. The van der Waals surface area contributed by atoms with Crippen LogP contribution in [0.15, 0.2) is 108 Å². The van der Waals surface area contributed by atoms with Gasteiger partial charge in [-0.2, -0.15) is 5.10 Å². The molecule has 4 aromatic carbocycles. The minimum atomic E-state index is -0.636. The van der Waals surface area contributed by atoms with Gasteiger partial charge in [0, 0.05) is 23.8 Å². The number of benzene rings is 4. The Balaban J connectivity index is 1.46. The molecular formula is C34H30Cl2N4O4. The zero-order valence-corrected chi connectivity index (χ0v) is 25.6. The summed E-state index contributed by atoms with van der Waals surface area (Å²) in [5.74, 6) is -1.35. The summed E-state index contributed by atoms with van der Waals surface area (Å²) in [4.78, 5) is 40.7. The van der Waals surface area contributed by atoms with Gasteiger partial charge in [0.25, 0.3) is 11.8 Å². The zero-order valence-electron chi connectivity index (χ0n) is 24.1. The maximum atomic E-state index is 13.2. The van der Waals surface area contributed by atoms with Crippen molar-refractivity contribution in [1.82, 2.24) is 10.7 Å². The lowest BCUT2D eigenvalue weighted by molar-refractivity contribution is -0.117. The molecule has 0 spiro atoms. The van der Waals surface area contributed by atoms with Gasteiger partial charge < -0.3 is 15.0 Å². The van der Waals surface area contributed by atoms with Crippen molar-refractivity contribution in [3.05, 3.63) is 135 Å². The number of nitrogens with one attached hydrogen (secondary N) is 2. The van der Waals surface area contributed by atoms with Crippen LogP contribution < -0.4 is 20.4 Å². The lowest BCUT2D eigenvalue weighted by Gasteiger charge is -2.21. The number of carbonyl (C=O) groups is 3. The molecule has 2 amide bonds. The number of esters is 1. The van der Waals surface area contributed by atoms with Crippen molar-refractivity contribution in [2.24, 2.45) is 5.10 Å². The number of hydrogen-bond donors (Lipinski definition) is 2. The number of halogens is 2. The molecule has 0 saturated carbocycles. The van der Waals surface area contributed by atoms with E-state index in [0.717, 1.165) is 18.8 Å². The highest BCUT2D eigenvalue weighted by molar-refractivity contribution is 6.34. The molecule has 4 aromatic rings. The number of anilines is 1. The van der Waals surface area contributed by atoms with Gasteiger partial charge in [-0.25, -0.2) is 10.2 Å². The third-order valence-corrected chi connectivity index (χ3v) is 7.08. The van der Waals surface area contributed by atoms with Crippen molar-refractivity contribution in [2.75, 3.05) is 18.0 Å². The minimum Gasteiger partial charge on any atom is -0.423 e. The fourth-order valence-corrected chi connectivity index (χ4v) is 4.48. The molecule has 4 rings (SSSR count). The molecule has 44 heavy (non-hydrogen) atoms. The van der Waals surface area contributed by atoms with E-state index in [0.29, 0.717) is 27.5 Å². The van der Waals surface area contributed by atoms with Gasteiger partial charge in [0.1, 0.15) is 11.4 Å². The van der Waals surface area contributed by atoms with Gasteiger partial charge in [-0.05, 0) is 104 Å². The molecule has 0 fully saturated rings. The van der Waals surface area contributed by atoms with Crippen LogP contribution in [0.3, 0.4) is 0 Å². The van der Waals surface area contributed by atoms with E-state index < -0.39 is 17.8 Å². The number of amides is 2. The summed E-state index contributed by atoms with van der Waals surface area (Å²) in [7, 11) is 0. The summed E-state index contributed by atoms with van der Waals surface area (Å²) in [5.41, 5.74) is 5.42. The molecule has 10 heteroatoms. The average molecular weight is 630 g/mol. The predicted octanol–water partition coefficient (Wildman–Crippen LogP) is 6.98. The monoisotopic (exact) mass is 628 g/mol. The van der Waals surface area contributed by atoms with Crippen LogP contribution in [0.25, 0.3) is 6.08 Å². The van der Waals surface area contributed by atoms with E-state index in [2.05, 4.69) is 34.6 Å². The van der Waals surface area contributed by atoms with Gasteiger partial charge in [0.2, 0.25) is 0 Å². The average Bonchev–Trinajstić information content (AvgIpc) is 3.03. The first-order valence-corrected chi connectivity index (χ1v) is 14.6. The lowest BCUT2D eigenvalue weighted by Crippen LogP contribution is -2.33. The number of carbonyl (C=O) groups excluding carboxylic acids is 3. The first kappa shape index (κ1) is 32.0. The molecule has 0 heterocycles. The van der Waals surface area contributed by atoms with Crippen molar-refractivity contribution >= 4 is 59.0 Å². The Labute approximate surface area is 265 Å². The number of hydrogen-bond acceptors (Lipinski definition) is 6. The van der Waals surface area contributed by atoms with E-state index in [-0.39, 0.29) is 16.3 Å². The van der Waals surface area contributed by atoms with Gasteiger partial charge in [-0.3, -0.25) is 9.59 Å². The number of nitrogens with zero attached hydrogens (tertiary/aromatic N) is 2. The molecular weight excluding hydrogens is 599 g/mol. The summed E-state index contributed by atoms with van der Waals surface area (Å²) in [6, 6.07) is 27.2. The van der Waals surface area contributed by atoms with Gasteiger partial charge in [-0.15, -0.1) is 0 Å². The fraction of sp³-hybridized carbons (Fsp3) is 0.118. The summed E-state index contributed by atoms with van der Waals surface area (Å²) >= 11 is 12.1. The van der Waals surface area contributed by atoms with Crippen LogP contribution >= 0.6 is 23.2 Å². The van der Waals surface area contributed by atoms with Gasteiger partial charge >= 0.3 is 5.97 Å². The second-order valence-electron chi connectivity index (χ2n) is 9.42. The number of hydrazone groups is 1. The molecule has 2 N–H and O–H groups in total. The van der Waals surface area contributed by atoms with Crippen LogP contribution in [-0.2, 0) is 4.79 Å². The van der Waals surface area contributed by atoms with Crippen molar-refractivity contribution in [1.29, 1.82) is 0 Å². The Kier molecular flexibility index (Phi) is 11.3. The zero-order chi connectivity index (χ0) is 31.5. The molecule has 0 saturated heterocycles. The molecule has 0 aliphatic carbocycles. The van der Waals surface area contributed by atoms with E-state index in [1.165, 1.54) is 6.21 Å². The smallest absolute Gasteiger partial charge is 0.343 e. The Hall–Kier alpha value is -4.92. The van der Waals surface area contributed by atoms with Crippen molar-refractivity contribution in [3.8, 4) is 5.75 Å². The van der Waals surface area contributed by atoms with Crippen LogP contribution in [0.5, 0.6) is 5.75 Å².